The average Bonchev–Trinajstić information content (AvgIpc) is 2.18. The Balaban J connectivity index is 2.12. The lowest BCUT2D eigenvalue weighted by atomic mass is 10.3. The van der Waals surface area contributed by atoms with Gasteiger partial charge in [-0.1, -0.05) is 5.57 Å². The molecule has 1 aliphatic heterocycles. The number of thioether (sulfide) groups is 2. The molecule has 0 aromatic carbocycles. The van der Waals surface area contributed by atoms with Gasteiger partial charge in [0.25, 0.3) is 0 Å². The van der Waals surface area contributed by atoms with Gasteiger partial charge in [-0.2, -0.15) is 23.5 Å². The average molecular weight is 247 g/mol. The van der Waals surface area contributed by atoms with Crippen LogP contribution in [0.1, 0.15) is 6.92 Å². The zero-order valence-electron chi connectivity index (χ0n) is 8.86. The first-order valence-electron chi connectivity index (χ1n) is 4.98. The third kappa shape index (κ3) is 6.12. The van der Waals surface area contributed by atoms with Crippen molar-refractivity contribution < 1.29 is 9.90 Å². The van der Waals surface area contributed by atoms with E-state index in [1.165, 1.54) is 23.3 Å². The van der Waals surface area contributed by atoms with Gasteiger partial charge in [-0.3, -0.25) is 0 Å². The molecule has 1 fully saturated rings. The molecule has 0 aromatic rings. The number of rotatable bonds is 5. The first kappa shape index (κ1) is 12.9. The summed E-state index contributed by atoms with van der Waals surface area (Å²) in [5, 5.41) is 12.5. The predicted octanol–water partition coefficient (Wildman–Crippen LogP) is 1.46. The molecular formula is C10H17NO2S2. The van der Waals surface area contributed by atoms with E-state index in [0.29, 0.717) is 11.8 Å². The van der Waals surface area contributed by atoms with E-state index < -0.39 is 5.97 Å². The summed E-state index contributed by atoms with van der Waals surface area (Å²) in [5.41, 5.74) is 0.871. The highest BCUT2D eigenvalue weighted by Gasteiger charge is 2.13. The van der Waals surface area contributed by atoms with E-state index in [1.807, 2.05) is 30.4 Å². The van der Waals surface area contributed by atoms with Crippen LogP contribution in [-0.4, -0.2) is 46.7 Å². The van der Waals surface area contributed by atoms with Gasteiger partial charge in [0.05, 0.1) is 0 Å². The van der Waals surface area contributed by atoms with Crippen LogP contribution in [-0.2, 0) is 4.79 Å². The molecule has 0 radical (unpaired) electrons. The molecule has 0 bridgehead atoms. The Kier molecular flexibility index (Phi) is 6.20. The Morgan fingerprint density at radius 3 is 3.00 bits per heavy atom. The molecular weight excluding hydrogens is 230 g/mol. The lowest BCUT2D eigenvalue weighted by Crippen LogP contribution is -2.30. The minimum atomic E-state index is -0.864. The van der Waals surface area contributed by atoms with Crippen molar-refractivity contribution in [1.29, 1.82) is 0 Å². The molecule has 1 saturated heterocycles. The number of carboxylic acid groups (broad SMARTS) is 1. The number of hydrogen-bond donors (Lipinski definition) is 2. The van der Waals surface area contributed by atoms with E-state index in [4.69, 9.17) is 5.11 Å². The molecule has 3 nitrogen and oxygen atoms in total. The van der Waals surface area contributed by atoms with E-state index in [9.17, 15) is 4.79 Å². The van der Waals surface area contributed by atoms with Crippen LogP contribution >= 0.6 is 23.5 Å². The molecule has 0 amide bonds. The Bertz CT molecular complexity index is 238. The molecule has 1 atom stereocenters. The first-order chi connectivity index (χ1) is 7.18. The van der Waals surface area contributed by atoms with E-state index >= 15 is 0 Å². The summed E-state index contributed by atoms with van der Waals surface area (Å²) in [4.78, 5) is 10.4. The number of carboxylic acids is 1. The standard InChI is InChI=1S/C10H17NO2S2/c1-8(4-10(12)13)5-11-6-9-7-14-2-3-15-9/h4,9,11H,2-3,5-7H2,1H3,(H,12,13). The second kappa shape index (κ2) is 7.19. The van der Waals surface area contributed by atoms with Crippen LogP contribution in [0.4, 0.5) is 0 Å². The van der Waals surface area contributed by atoms with Gasteiger partial charge < -0.3 is 10.4 Å². The van der Waals surface area contributed by atoms with E-state index in [1.54, 1.807) is 0 Å². The first-order valence-corrected chi connectivity index (χ1v) is 7.19. The summed E-state index contributed by atoms with van der Waals surface area (Å²) in [6, 6.07) is 0. The highest BCUT2D eigenvalue weighted by molar-refractivity contribution is 8.06. The summed E-state index contributed by atoms with van der Waals surface area (Å²) in [5.74, 6) is 2.84. The molecule has 0 saturated carbocycles. The molecule has 0 aromatic heterocycles. The SMILES string of the molecule is CC(=CC(=O)O)CNCC1CSCCS1. The van der Waals surface area contributed by atoms with Crippen molar-refractivity contribution >= 4 is 29.5 Å². The van der Waals surface area contributed by atoms with Crippen molar-refractivity contribution in [3.05, 3.63) is 11.6 Å². The molecule has 0 spiro atoms. The van der Waals surface area contributed by atoms with E-state index in [0.717, 1.165) is 12.1 Å². The van der Waals surface area contributed by atoms with Gasteiger partial charge in [0.1, 0.15) is 0 Å². The number of aliphatic carboxylic acids is 1. The summed E-state index contributed by atoms with van der Waals surface area (Å²) in [7, 11) is 0. The van der Waals surface area contributed by atoms with Crippen molar-refractivity contribution in [2.24, 2.45) is 0 Å². The zero-order valence-corrected chi connectivity index (χ0v) is 10.5. The Morgan fingerprint density at radius 1 is 1.60 bits per heavy atom. The van der Waals surface area contributed by atoms with Gasteiger partial charge >= 0.3 is 5.97 Å². The Hall–Kier alpha value is -0.130. The minimum absolute atomic E-state index is 0.675. The Labute approximate surface area is 99.1 Å². The topological polar surface area (TPSA) is 49.3 Å². The summed E-state index contributed by atoms with van der Waals surface area (Å²) in [6.45, 7) is 3.49. The van der Waals surface area contributed by atoms with Gasteiger partial charge in [0.15, 0.2) is 0 Å². The van der Waals surface area contributed by atoms with Crippen LogP contribution in [0.3, 0.4) is 0 Å². The smallest absolute Gasteiger partial charge is 0.328 e. The van der Waals surface area contributed by atoms with Crippen molar-refractivity contribution in [3.63, 3.8) is 0 Å². The van der Waals surface area contributed by atoms with Crippen molar-refractivity contribution in [1.82, 2.24) is 5.32 Å². The van der Waals surface area contributed by atoms with Gasteiger partial charge in [-0.25, -0.2) is 4.79 Å². The number of carbonyl (C=O) groups is 1. The number of hydrogen-bond acceptors (Lipinski definition) is 4. The van der Waals surface area contributed by atoms with Crippen LogP contribution in [0.5, 0.6) is 0 Å². The van der Waals surface area contributed by atoms with E-state index in [-0.39, 0.29) is 0 Å². The minimum Gasteiger partial charge on any atom is -0.478 e. The lowest BCUT2D eigenvalue weighted by molar-refractivity contribution is -0.131. The fourth-order valence-corrected chi connectivity index (χ4v) is 3.99. The quantitative estimate of drug-likeness (QED) is 0.720. The highest BCUT2D eigenvalue weighted by atomic mass is 32.2. The molecule has 1 unspecified atom stereocenters. The second-order valence-corrected chi connectivity index (χ2v) is 6.09. The van der Waals surface area contributed by atoms with Crippen molar-refractivity contribution in [2.45, 2.75) is 12.2 Å². The molecule has 1 aliphatic rings. The Morgan fingerprint density at radius 2 is 2.40 bits per heavy atom. The van der Waals surface area contributed by atoms with Crippen LogP contribution < -0.4 is 5.32 Å². The van der Waals surface area contributed by atoms with Gasteiger partial charge in [-0.05, 0) is 6.92 Å². The molecule has 5 heteroatoms. The maximum atomic E-state index is 10.4. The van der Waals surface area contributed by atoms with Crippen LogP contribution in [0, 0.1) is 0 Å². The molecule has 1 rings (SSSR count). The second-order valence-electron chi connectivity index (χ2n) is 3.53. The highest BCUT2D eigenvalue weighted by Crippen LogP contribution is 2.23. The third-order valence-corrected chi connectivity index (χ3v) is 4.88. The van der Waals surface area contributed by atoms with Crippen LogP contribution in [0.2, 0.25) is 0 Å². The zero-order chi connectivity index (χ0) is 11.1. The lowest BCUT2D eigenvalue weighted by Gasteiger charge is -2.21. The maximum absolute atomic E-state index is 10.4. The number of nitrogens with one attached hydrogen (secondary N) is 1. The van der Waals surface area contributed by atoms with Crippen LogP contribution in [0.15, 0.2) is 11.6 Å². The molecule has 2 N–H and O–H groups in total. The monoisotopic (exact) mass is 247 g/mol. The fourth-order valence-electron chi connectivity index (χ4n) is 1.35. The fraction of sp³-hybridized carbons (Fsp3) is 0.700. The predicted molar refractivity (Wildman–Crippen MR) is 67.8 cm³/mol. The maximum Gasteiger partial charge on any atom is 0.328 e. The molecule has 0 aliphatic carbocycles. The third-order valence-electron chi connectivity index (χ3n) is 2.03. The summed E-state index contributed by atoms with van der Waals surface area (Å²) < 4.78 is 0. The van der Waals surface area contributed by atoms with Crippen LogP contribution in [0.25, 0.3) is 0 Å². The summed E-state index contributed by atoms with van der Waals surface area (Å²) in [6.07, 6.45) is 1.26. The normalized spacial score (nSPS) is 22.7. The van der Waals surface area contributed by atoms with Crippen molar-refractivity contribution in [2.75, 3.05) is 30.3 Å². The molecule has 15 heavy (non-hydrogen) atoms. The molecule has 1 heterocycles. The molecule has 86 valence electrons. The van der Waals surface area contributed by atoms with Gasteiger partial charge in [-0.15, -0.1) is 0 Å². The van der Waals surface area contributed by atoms with Gasteiger partial charge in [0.2, 0.25) is 0 Å². The van der Waals surface area contributed by atoms with Crippen molar-refractivity contribution in [3.8, 4) is 0 Å². The van der Waals surface area contributed by atoms with Gasteiger partial charge in [0, 0.05) is 41.7 Å². The largest absolute Gasteiger partial charge is 0.478 e. The summed E-state index contributed by atoms with van der Waals surface area (Å²) >= 11 is 4.01. The van der Waals surface area contributed by atoms with E-state index in [2.05, 4.69) is 5.32 Å².